The molecule has 24 heavy (non-hydrogen) atoms. The fourth-order valence-corrected chi connectivity index (χ4v) is 6.94. The van der Waals surface area contributed by atoms with E-state index in [-0.39, 0.29) is 0 Å². The fourth-order valence-electron chi connectivity index (χ4n) is 5.50. The zero-order valence-electron chi connectivity index (χ0n) is 14.8. The Bertz CT molecular complexity index is 597. The van der Waals surface area contributed by atoms with E-state index in [9.17, 15) is 0 Å². The number of benzene rings is 1. The third-order valence-corrected chi connectivity index (χ3v) is 8.05. The van der Waals surface area contributed by atoms with Crippen molar-refractivity contribution in [3.05, 3.63) is 24.3 Å². The average molecular weight is 344 g/mol. The molecule has 4 aliphatic rings. The normalized spacial score (nSPS) is 30.7. The third kappa shape index (κ3) is 2.49. The molecule has 1 aromatic rings. The highest BCUT2D eigenvalue weighted by atomic mass is 32.2. The van der Waals surface area contributed by atoms with E-state index in [1.54, 1.807) is 0 Å². The van der Waals surface area contributed by atoms with Gasteiger partial charge in [0.1, 0.15) is 5.50 Å². The second kappa shape index (κ2) is 5.93. The highest BCUT2D eigenvalue weighted by molar-refractivity contribution is 8.00. The van der Waals surface area contributed by atoms with Crippen LogP contribution in [0.5, 0.6) is 0 Å². The maximum atomic E-state index is 2.79. The van der Waals surface area contributed by atoms with Gasteiger partial charge in [0, 0.05) is 37.1 Å². The Labute approximate surface area is 150 Å². The molecule has 1 atom stereocenters. The Hall–Kier alpha value is -0.710. The number of anilines is 1. The molecule has 0 N–H and O–H groups in total. The first-order chi connectivity index (χ1) is 11.7. The van der Waals surface area contributed by atoms with Crippen LogP contribution >= 0.6 is 11.8 Å². The molecule has 1 aromatic carbocycles. The molecule has 3 nitrogen and oxygen atoms in total. The maximum Gasteiger partial charge on any atom is 0.135 e. The van der Waals surface area contributed by atoms with Gasteiger partial charge in [-0.1, -0.05) is 36.7 Å². The third-order valence-electron chi connectivity index (χ3n) is 6.71. The Morgan fingerprint density at radius 3 is 2.46 bits per heavy atom. The van der Waals surface area contributed by atoms with Gasteiger partial charge < -0.3 is 9.80 Å². The molecule has 1 spiro atoms. The van der Waals surface area contributed by atoms with Crippen molar-refractivity contribution in [2.75, 3.05) is 38.1 Å². The van der Waals surface area contributed by atoms with E-state index >= 15 is 0 Å². The van der Waals surface area contributed by atoms with Crippen LogP contribution in [0.4, 0.5) is 5.69 Å². The molecule has 1 unspecified atom stereocenters. The Kier molecular flexibility index (Phi) is 3.84. The van der Waals surface area contributed by atoms with Crippen LogP contribution in [0.15, 0.2) is 29.2 Å². The quantitative estimate of drug-likeness (QED) is 0.806. The molecule has 3 fully saturated rings. The Balaban J connectivity index is 1.35. The van der Waals surface area contributed by atoms with E-state index in [1.165, 1.54) is 75.3 Å². The van der Waals surface area contributed by atoms with Gasteiger partial charge in [0.2, 0.25) is 0 Å². The number of nitrogens with zero attached hydrogens (tertiary/aromatic N) is 3. The van der Waals surface area contributed by atoms with Gasteiger partial charge in [-0.15, -0.1) is 0 Å². The molecule has 130 valence electrons. The van der Waals surface area contributed by atoms with Crippen LogP contribution in [-0.2, 0) is 0 Å². The van der Waals surface area contributed by atoms with Gasteiger partial charge >= 0.3 is 0 Å². The van der Waals surface area contributed by atoms with Crippen LogP contribution in [0, 0.1) is 5.41 Å². The summed E-state index contributed by atoms with van der Waals surface area (Å²) in [4.78, 5) is 9.56. The number of hydrogen-bond donors (Lipinski definition) is 0. The summed E-state index contributed by atoms with van der Waals surface area (Å²) in [6.07, 6.45) is 8.38. The van der Waals surface area contributed by atoms with Gasteiger partial charge in [0.15, 0.2) is 0 Å². The SMILES string of the molecule is CN1CC2(CCN(C3Sc4ccccc4N3C3CCCC3)CC2)C1. The van der Waals surface area contributed by atoms with Crippen LogP contribution in [-0.4, -0.2) is 54.6 Å². The average Bonchev–Trinajstić information content (AvgIpc) is 3.21. The molecule has 3 heterocycles. The van der Waals surface area contributed by atoms with Crippen molar-refractivity contribution < 1.29 is 0 Å². The smallest absolute Gasteiger partial charge is 0.135 e. The van der Waals surface area contributed by atoms with Gasteiger partial charge in [0.25, 0.3) is 0 Å². The minimum Gasteiger partial charge on any atom is -0.343 e. The summed E-state index contributed by atoms with van der Waals surface area (Å²) in [6.45, 7) is 5.21. The van der Waals surface area contributed by atoms with Crippen LogP contribution in [0.25, 0.3) is 0 Å². The highest BCUT2D eigenvalue weighted by Gasteiger charge is 2.46. The van der Waals surface area contributed by atoms with E-state index in [4.69, 9.17) is 0 Å². The van der Waals surface area contributed by atoms with Crippen molar-refractivity contribution in [1.29, 1.82) is 0 Å². The molecule has 2 saturated heterocycles. The number of piperidine rings is 1. The minimum absolute atomic E-state index is 0.542. The molecule has 3 aliphatic heterocycles. The molecule has 1 saturated carbocycles. The van der Waals surface area contributed by atoms with Crippen molar-refractivity contribution in [2.45, 2.75) is 55.0 Å². The van der Waals surface area contributed by atoms with Gasteiger partial charge in [-0.2, -0.15) is 0 Å². The van der Waals surface area contributed by atoms with Crippen LogP contribution in [0.3, 0.4) is 0 Å². The van der Waals surface area contributed by atoms with Crippen LogP contribution in [0.2, 0.25) is 0 Å². The summed E-state index contributed by atoms with van der Waals surface area (Å²) < 4.78 is 0. The number of thioether (sulfide) groups is 1. The number of rotatable bonds is 2. The lowest BCUT2D eigenvalue weighted by molar-refractivity contribution is -0.0337. The van der Waals surface area contributed by atoms with Crippen LogP contribution in [0.1, 0.15) is 38.5 Å². The lowest BCUT2D eigenvalue weighted by Crippen LogP contribution is -2.61. The van der Waals surface area contributed by atoms with Gasteiger partial charge in [0.05, 0.1) is 5.69 Å². The summed E-state index contributed by atoms with van der Waals surface area (Å²) >= 11 is 2.11. The van der Waals surface area contributed by atoms with Gasteiger partial charge in [-0.25, -0.2) is 0 Å². The second-order valence-corrected chi connectivity index (χ2v) is 9.56. The molecule has 0 amide bonds. The Morgan fingerprint density at radius 2 is 1.75 bits per heavy atom. The Morgan fingerprint density at radius 1 is 1.04 bits per heavy atom. The molecule has 1 aliphatic carbocycles. The molecule has 4 heteroatoms. The summed E-state index contributed by atoms with van der Waals surface area (Å²) in [5, 5.41) is 0. The standard InChI is InChI=1S/C20H29N3S/c1-21-14-20(15-21)10-12-22(13-11-20)19-23(16-6-2-3-7-16)17-8-4-5-9-18(17)24-19/h4-5,8-9,16,19H,2-3,6-7,10-15H2,1H3. The largest absolute Gasteiger partial charge is 0.343 e. The minimum atomic E-state index is 0.542. The lowest BCUT2D eigenvalue weighted by atomic mass is 9.72. The monoisotopic (exact) mass is 343 g/mol. The van der Waals surface area contributed by atoms with Crippen molar-refractivity contribution in [2.24, 2.45) is 5.41 Å². The summed E-state index contributed by atoms with van der Waals surface area (Å²) in [7, 11) is 2.27. The number of fused-ring (bicyclic) bond motifs is 1. The lowest BCUT2D eigenvalue weighted by Gasteiger charge is -2.54. The van der Waals surface area contributed by atoms with Crippen molar-refractivity contribution >= 4 is 17.4 Å². The van der Waals surface area contributed by atoms with Gasteiger partial charge in [-0.05, 0) is 50.3 Å². The topological polar surface area (TPSA) is 9.72 Å². The van der Waals surface area contributed by atoms with Crippen molar-refractivity contribution in [3.63, 3.8) is 0 Å². The molecular formula is C20H29N3S. The van der Waals surface area contributed by atoms with E-state index in [2.05, 4.69) is 57.8 Å². The summed E-state index contributed by atoms with van der Waals surface area (Å²) in [5.74, 6) is 0. The first-order valence-corrected chi connectivity index (χ1v) is 10.6. The van der Waals surface area contributed by atoms with Gasteiger partial charge in [-0.3, -0.25) is 4.90 Å². The fraction of sp³-hybridized carbons (Fsp3) is 0.700. The molecule has 0 aromatic heterocycles. The van der Waals surface area contributed by atoms with E-state index in [1.807, 2.05) is 0 Å². The maximum absolute atomic E-state index is 2.79. The van der Waals surface area contributed by atoms with Crippen LogP contribution < -0.4 is 4.90 Å². The second-order valence-electron chi connectivity index (χ2n) is 8.47. The zero-order chi connectivity index (χ0) is 16.1. The van der Waals surface area contributed by atoms with Crippen molar-refractivity contribution in [3.8, 4) is 0 Å². The first kappa shape index (κ1) is 15.5. The molecule has 0 bridgehead atoms. The number of likely N-dealkylation sites (tertiary alicyclic amines) is 2. The summed E-state index contributed by atoms with van der Waals surface area (Å²) in [6, 6.07) is 9.87. The highest BCUT2D eigenvalue weighted by Crippen LogP contribution is 2.49. The zero-order valence-corrected chi connectivity index (χ0v) is 15.6. The number of para-hydroxylation sites is 1. The molecular weight excluding hydrogens is 314 g/mol. The van der Waals surface area contributed by atoms with E-state index in [0.29, 0.717) is 10.9 Å². The first-order valence-electron chi connectivity index (χ1n) is 9.71. The number of hydrogen-bond acceptors (Lipinski definition) is 4. The molecule has 0 radical (unpaired) electrons. The van der Waals surface area contributed by atoms with E-state index in [0.717, 1.165) is 6.04 Å². The predicted octanol–water partition coefficient (Wildman–Crippen LogP) is 3.85. The predicted molar refractivity (Wildman–Crippen MR) is 102 cm³/mol. The van der Waals surface area contributed by atoms with Crippen molar-refractivity contribution in [1.82, 2.24) is 9.80 Å². The molecule has 5 rings (SSSR count). The van der Waals surface area contributed by atoms with E-state index < -0.39 is 0 Å². The summed E-state index contributed by atoms with van der Waals surface area (Å²) in [5.41, 5.74) is 2.70.